The predicted octanol–water partition coefficient (Wildman–Crippen LogP) is -2.87. The van der Waals surface area contributed by atoms with Gasteiger partial charge in [-0.05, 0) is 0 Å². The van der Waals surface area contributed by atoms with E-state index in [-0.39, 0.29) is 81.2 Å². The first-order valence-electron chi connectivity index (χ1n) is 1.53. The zero-order valence-electron chi connectivity index (χ0n) is 4.57. The van der Waals surface area contributed by atoms with Crippen molar-refractivity contribution in [2.75, 3.05) is 0 Å². The van der Waals surface area contributed by atoms with Crippen LogP contribution < -0.4 is 0 Å². The van der Waals surface area contributed by atoms with Gasteiger partial charge in [0.2, 0.25) is 0 Å². The first-order valence-corrected chi connectivity index (χ1v) is 4.26. The third-order valence-corrected chi connectivity index (χ3v) is 0.766. The summed E-state index contributed by atoms with van der Waals surface area (Å²) in [5.74, 6) is 0. The van der Waals surface area contributed by atoms with Crippen LogP contribution in [0.1, 0.15) is 0 Å². The van der Waals surface area contributed by atoms with E-state index in [4.69, 9.17) is 9.11 Å². The van der Waals surface area contributed by atoms with Gasteiger partial charge in [-0.15, -0.1) is 12.4 Å². The van der Waals surface area contributed by atoms with Gasteiger partial charge in [-0.25, -0.2) is 0 Å². The van der Waals surface area contributed by atoms with Crippen LogP contribution in [0.3, 0.4) is 0 Å². The average molecular weight is 301 g/mol. The Morgan fingerprint density at radius 2 is 1.00 bits per heavy atom. The molecule has 13 heavy (non-hydrogen) atoms. The van der Waals surface area contributed by atoms with E-state index < -0.39 is 20.8 Å². The molecule has 0 aliphatic heterocycles. The number of hydrogen-bond donors (Lipinski definition) is 2. The molecule has 0 aromatic rings. The summed E-state index contributed by atoms with van der Waals surface area (Å²) >= 11 is 0. The van der Waals surface area contributed by atoms with Crippen LogP contribution in [0.25, 0.3) is 0 Å². The predicted molar refractivity (Wildman–Crippen MR) is 49.6 cm³/mol. The SMILES string of the molecule is Cl.O=S(=O)(O)OOS(=O)(=O)O.[AlH3].[KH]. The Kier molecular flexibility index (Phi) is 17.7. The molecular weight excluding hydrogens is 294 g/mol. The van der Waals surface area contributed by atoms with Gasteiger partial charge in [0.15, 0.2) is 17.4 Å². The maximum atomic E-state index is 9.51. The Labute approximate surface area is 134 Å². The second kappa shape index (κ2) is 9.43. The van der Waals surface area contributed by atoms with Crippen molar-refractivity contribution in [3.8, 4) is 0 Å². The van der Waals surface area contributed by atoms with Crippen LogP contribution in [-0.2, 0) is 29.5 Å². The van der Waals surface area contributed by atoms with Crippen molar-refractivity contribution in [3.63, 3.8) is 0 Å². The number of halogens is 1. The summed E-state index contributed by atoms with van der Waals surface area (Å²) in [6.07, 6.45) is 0. The molecule has 0 saturated heterocycles. The fourth-order valence-electron chi connectivity index (χ4n) is 0.0702. The normalized spacial score (nSPS) is 10.3. The van der Waals surface area contributed by atoms with Gasteiger partial charge in [0.25, 0.3) is 0 Å². The molecule has 0 atom stereocenters. The zero-order valence-corrected chi connectivity index (χ0v) is 7.02. The maximum absolute atomic E-state index is 9.51. The minimum absolute atomic E-state index is 0. The van der Waals surface area contributed by atoms with E-state index in [1.807, 2.05) is 0 Å². The summed E-state index contributed by atoms with van der Waals surface area (Å²) in [6, 6.07) is 0. The Morgan fingerprint density at radius 3 is 1.08 bits per heavy atom. The summed E-state index contributed by atoms with van der Waals surface area (Å²) in [5.41, 5.74) is 0. The Bertz CT molecular complexity index is 258. The van der Waals surface area contributed by atoms with Crippen LogP contribution in [0.5, 0.6) is 0 Å². The van der Waals surface area contributed by atoms with Crippen LogP contribution in [0.15, 0.2) is 0 Å². The van der Waals surface area contributed by atoms with Crippen LogP contribution in [0, 0.1) is 0 Å². The topological polar surface area (TPSA) is 127 Å². The van der Waals surface area contributed by atoms with Crippen molar-refractivity contribution in [1.82, 2.24) is 0 Å². The molecule has 0 aliphatic carbocycles. The third kappa shape index (κ3) is 25.0. The van der Waals surface area contributed by atoms with Gasteiger partial charge in [0.05, 0.1) is 0 Å². The Hall–Kier alpha value is 2.20. The van der Waals surface area contributed by atoms with Gasteiger partial charge in [0, 0.05) is 0 Å². The summed E-state index contributed by atoms with van der Waals surface area (Å²) in [6.45, 7) is 0. The van der Waals surface area contributed by atoms with E-state index in [2.05, 4.69) is 8.67 Å². The molecule has 0 heterocycles. The van der Waals surface area contributed by atoms with Crippen molar-refractivity contribution in [2.45, 2.75) is 0 Å². The third-order valence-electron chi connectivity index (χ3n) is 0.200. The standard InChI is InChI=1S/Al.ClH.K.H2O8S2.4H/c;;;1-9(2,3)7-8-10(4,5)6;;;;/h;1H;;(H,1,2,3)(H,4,5,6);;;;. The molecule has 8 nitrogen and oxygen atoms in total. The molecule has 0 aromatic heterocycles. The molecule has 78 valence electrons. The first-order chi connectivity index (χ1) is 4.21. The first kappa shape index (κ1) is 24.4. The fraction of sp³-hybridized carbons (Fsp3) is 0. The molecular formula is H7AlClKO8S2. The van der Waals surface area contributed by atoms with Crippen molar-refractivity contribution >= 4 is 102 Å². The van der Waals surface area contributed by atoms with E-state index in [0.717, 1.165) is 0 Å². The van der Waals surface area contributed by atoms with Crippen molar-refractivity contribution in [1.29, 1.82) is 0 Å². The van der Waals surface area contributed by atoms with E-state index in [9.17, 15) is 16.8 Å². The van der Waals surface area contributed by atoms with Gasteiger partial charge in [0.1, 0.15) is 0 Å². The van der Waals surface area contributed by atoms with Crippen LogP contribution in [0.4, 0.5) is 0 Å². The second-order valence-corrected chi connectivity index (χ2v) is 2.97. The molecule has 13 heteroatoms. The van der Waals surface area contributed by atoms with E-state index >= 15 is 0 Å². The number of hydrogen-bond acceptors (Lipinski definition) is 6. The molecule has 0 amide bonds. The van der Waals surface area contributed by atoms with Gasteiger partial charge in [-0.1, -0.05) is 8.67 Å². The zero-order chi connectivity index (χ0) is 8.41. The molecule has 0 aliphatic rings. The van der Waals surface area contributed by atoms with E-state index in [1.165, 1.54) is 0 Å². The minimum atomic E-state index is -5.02. The summed E-state index contributed by atoms with van der Waals surface area (Å²) in [7, 11) is -10.0. The second-order valence-electron chi connectivity index (χ2n) is 0.992. The molecule has 0 unspecified atom stereocenters. The van der Waals surface area contributed by atoms with Crippen LogP contribution in [0.2, 0.25) is 0 Å². The summed E-state index contributed by atoms with van der Waals surface area (Å²) in [5, 5.41) is 0. The molecule has 0 saturated carbocycles. The molecule has 0 aromatic carbocycles. The van der Waals surface area contributed by atoms with Gasteiger partial charge in [-0.3, -0.25) is 9.11 Å². The van der Waals surface area contributed by atoms with Crippen LogP contribution >= 0.6 is 12.4 Å². The van der Waals surface area contributed by atoms with Gasteiger partial charge < -0.3 is 0 Å². The summed E-state index contributed by atoms with van der Waals surface area (Å²) < 4.78 is 58.9. The molecule has 2 N–H and O–H groups in total. The Balaban J connectivity index is -0.000000135. The molecule has 0 bridgehead atoms. The van der Waals surface area contributed by atoms with Crippen molar-refractivity contribution in [2.24, 2.45) is 0 Å². The fourth-order valence-corrected chi connectivity index (χ4v) is 0.632. The average Bonchev–Trinajstić information content (AvgIpc) is 1.57. The van der Waals surface area contributed by atoms with Crippen molar-refractivity contribution in [3.05, 3.63) is 0 Å². The molecule has 0 spiro atoms. The van der Waals surface area contributed by atoms with E-state index in [0.29, 0.717) is 0 Å². The quantitative estimate of drug-likeness (QED) is 0.246. The van der Waals surface area contributed by atoms with E-state index in [1.54, 1.807) is 0 Å². The molecule has 0 rings (SSSR count). The Morgan fingerprint density at radius 1 is 0.846 bits per heavy atom. The molecule has 0 radical (unpaired) electrons. The monoisotopic (exact) mass is 300 g/mol. The summed E-state index contributed by atoms with van der Waals surface area (Å²) in [4.78, 5) is 0. The van der Waals surface area contributed by atoms with Crippen LogP contribution in [-0.4, -0.2) is 94.7 Å². The van der Waals surface area contributed by atoms with Gasteiger partial charge >= 0.3 is 72.2 Å². The number of rotatable bonds is 3. The van der Waals surface area contributed by atoms with Gasteiger partial charge in [-0.2, -0.15) is 16.8 Å². The molecule has 0 fully saturated rings. The van der Waals surface area contributed by atoms with Crippen molar-refractivity contribution < 1.29 is 34.6 Å².